The predicted octanol–water partition coefficient (Wildman–Crippen LogP) is 1.87. The molecule has 1 aromatic heterocycles. The molecular weight excluding hydrogens is 346 g/mol. The molecule has 0 unspecified atom stereocenters. The molecule has 9 heteroatoms. The van der Waals surface area contributed by atoms with E-state index in [0.717, 1.165) is 5.56 Å². The van der Waals surface area contributed by atoms with E-state index in [9.17, 15) is 14.9 Å². The van der Waals surface area contributed by atoms with E-state index >= 15 is 0 Å². The van der Waals surface area contributed by atoms with E-state index in [4.69, 9.17) is 11.6 Å². The first-order valence-electron chi connectivity index (χ1n) is 7.89. The lowest BCUT2D eigenvalue weighted by atomic mass is 10.1. The molecule has 132 valence electrons. The first kappa shape index (κ1) is 17.2. The molecule has 0 atom stereocenters. The van der Waals surface area contributed by atoms with E-state index < -0.39 is 4.92 Å². The molecule has 1 amide bonds. The summed E-state index contributed by atoms with van der Waals surface area (Å²) >= 11 is 6.11. The summed E-state index contributed by atoms with van der Waals surface area (Å²) in [5, 5.41) is 11.7. The van der Waals surface area contributed by atoms with E-state index in [1.165, 1.54) is 6.33 Å². The van der Waals surface area contributed by atoms with Crippen molar-refractivity contribution >= 4 is 29.1 Å². The van der Waals surface area contributed by atoms with E-state index in [1.54, 1.807) is 22.6 Å². The highest BCUT2D eigenvalue weighted by molar-refractivity contribution is 6.31. The number of benzene rings is 1. The Morgan fingerprint density at radius 1 is 1.28 bits per heavy atom. The van der Waals surface area contributed by atoms with E-state index in [-0.39, 0.29) is 18.1 Å². The largest absolute Gasteiger partial charge is 0.406 e. The van der Waals surface area contributed by atoms with Gasteiger partial charge in [0, 0.05) is 38.2 Å². The zero-order valence-corrected chi connectivity index (χ0v) is 14.5. The summed E-state index contributed by atoms with van der Waals surface area (Å²) in [4.78, 5) is 30.6. The fourth-order valence-electron chi connectivity index (χ4n) is 2.99. The second kappa shape index (κ2) is 7.10. The SMILES string of the molecule is Cn1cnc([N+](=O)[O-])c1N1CCN(C(=O)Cc2ccccc2Cl)CC1. The highest BCUT2D eigenvalue weighted by Crippen LogP contribution is 2.27. The molecule has 1 aliphatic rings. The zero-order chi connectivity index (χ0) is 18.0. The van der Waals surface area contributed by atoms with Crippen molar-refractivity contribution in [3.05, 3.63) is 51.3 Å². The van der Waals surface area contributed by atoms with Crippen LogP contribution in [0.5, 0.6) is 0 Å². The fraction of sp³-hybridized carbons (Fsp3) is 0.375. The number of carbonyl (C=O) groups excluding carboxylic acids is 1. The van der Waals surface area contributed by atoms with Crippen LogP contribution in [-0.4, -0.2) is 51.5 Å². The van der Waals surface area contributed by atoms with Gasteiger partial charge in [0.2, 0.25) is 18.1 Å². The maximum Gasteiger partial charge on any atom is 0.406 e. The summed E-state index contributed by atoms with van der Waals surface area (Å²) < 4.78 is 1.64. The number of piperazine rings is 1. The Morgan fingerprint density at radius 3 is 2.60 bits per heavy atom. The summed E-state index contributed by atoms with van der Waals surface area (Å²) in [6.07, 6.45) is 1.69. The molecule has 1 aliphatic heterocycles. The molecule has 0 N–H and O–H groups in total. The van der Waals surface area contributed by atoms with Crippen LogP contribution in [0.15, 0.2) is 30.6 Å². The van der Waals surface area contributed by atoms with Gasteiger partial charge < -0.3 is 19.9 Å². The van der Waals surface area contributed by atoms with Crippen LogP contribution in [0, 0.1) is 10.1 Å². The van der Waals surface area contributed by atoms with Crippen molar-refractivity contribution in [3.8, 4) is 0 Å². The standard InChI is InChI=1S/C16H18ClN5O3/c1-19-11-18-15(22(24)25)16(19)21-8-6-20(7-9-21)14(23)10-12-4-2-3-5-13(12)17/h2-5,11H,6-10H2,1H3. The highest BCUT2D eigenvalue weighted by Gasteiger charge is 2.29. The third-order valence-electron chi connectivity index (χ3n) is 4.29. The van der Waals surface area contributed by atoms with Gasteiger partial charge in [0.25, 0.3) is 0 Å². The molecular formula is C16H18ClN5O3. The number of nitrogens with zero attached hydrogens (tertiary/aromatic N) is 5. The average Bonchev–Trinajstić information content (AvgIpc) is 2.99. The lowest BCUT2D eigenvalue weighted by Crippen LogP contribution is -2.49. The molecule has 25 heavy (non-hydrogen) atoms. The molecule has 2 heterocycles. The van der Waals surface area contributed by atoms with Crippen molar-refractivity contribution in [1.82, 2.24) is 14.5 Å². The van der Waals surface area contributed by atoms with E-state index in [2.05, 4.69) is 4.98 Å². The number of rotatable bonds is 4. The molecule has 3 rings (SSSR count). The summed E-state index contributed by atoms with van der Waals surface area (Å²) in [7, 11) is 1.73. The van der Waals surface area contributed by atoms with Crippen LogP contribution >= 0.6 is 11.6 Å². The molecule has 8 nitrogen and oxygen atoms in total. The Morgan fingerprint density at radius 2 is 1.96 bits per heavy atom. The van der Waals surface area contributed by atoms with Gasteiger partial charge in [-0.1, -0.05) is 29.8 Å². The topological polar surface area (TPSA) is 84.5 Å². The van der Waals surface area contributed by atoms with Gasteiger partial charge in [0.1, 0.15) is 0 Å². The first-order chi connectivity index (χ1) is 12.0. The Labute approximate surface area is 149 Å². The zero-order valence-electron chi connectivity index (χ0n) is 13.8. The summed E-state index contributed by atoms with van der Waals surface area (Å²) in [6, 6.07) is 7.29. The van der Waals surface area contributed by atoms with Gasteiger partial charge >= 0.3 is 5.82 Å². The van der Waals surface area contributed by atoms with Crippen molar-refractivity contribution < 1.29 is 9.72 Å². The molecule has 1 aromatic carbocycles. The molecule has 0 radical (unpaired) electrons. The number of aryl methyl sites for hydroxylation is 1. The monoisotopic (exact) mass is 363 g/mol. The molecule has 0 aliphatic carbocycles. The number of amides is 1. The Hall–Kier alpha value is -2.61. The van der Waals surface area contributed by atoms with E-state index in [1.807, 2.05) is 23.1 Å². The Bertz CT molecular complexity index is 799. The van der Waals surface area contributed by atoms with Crippen LogP contribution in [-0.2, 0) is 18.3 Å². The number of aromatic nitrogens is 2. The quantitative estimate of drug-likeness (QED) is 0.611. The van der Waals surface area contributed by atoms with Gasteiger partial charge in [0.15, 0.2) is 0 Å². The molecule has 1 saturated heterocycles. The number of hydrogen-bond donors (Lipinski definition) is 0. The molecule has 0 spiro atoms. The fourth-order valence-corrected chi connectivity index (χ4v) is 3.19. The van der Waals surface area contributed by atoms with Crippen LogP contribution < -0.4 is 4.90 Å². The maximum absolute atomic E-state index is 12.5. The minimum Gasteiger partial charge on any atom is -0.358 e. The van der Waals surface area contributed by atoms with Gasteiger partial charge in [-0.25, -0.2) is 0 Å². The lowest BCUT2D eigenvalue weighted by Gasteiger charge is -2.35. The second-order valence-electron chi connectivity index (χ2n) is 5.90. The van der Waals surface area contributed by atoms with Crippen LogP contribution in [0.25, 0.3) is 0 Å². The molecule has 0 bridgehead atoms. The average molecular weight is 364 g/mol. The van der Waals surface area contributed by atoms with Crippen molar-refractivity contribution in [2.75, 3.05) is 31.1 Å². The Balaban J connectivity index is 1.64. The normalized spacial score (nSPS) is 14.6. The van der Waals surface area contributed by atoms with Gasteiger partial charge in [-0.2, -0.15) is 0 Å². The van der Waals surface area contributed by atoms with Gasteiger partial charge in [-0.3, -0.25) is 9.36 Å². The van der Waals surface area contributed by atoms with Crippen molar-refractivity contribution in [3.63, 3.8) is 0 Å². The number of carbonyl (C=O) groups is 1. The summed E-state index contributed by atoms with van der Waals surface area (Å²) in [6.45, 7) is 2.06. The van der Waals surface area contributed by atoms with Gasteiger partial charge in [-0.15, -0.1) is 0 Å². The third-order valence-corrected chi connectivity index (χ3v) is 4.66. The smallest absolute Gasteiger partial charge is 0.358 e. The first-order valence-corrected chi connectivity index (χ1v) is 8.27. The number of halogens is 1. The van der Waals surface area contributed by atoms with Crippen molar-refractivity contribution in [2.45, 2.75) is 6.42 Å². The lowest BCUT2D eigenvalue weighted by molar-refractivity contribution is -0.388. The summed E-state index contributed by atoms with van der Waals surface area (Å²) in [5.74, 6) is 0.328. The van der Waals surface area contributed by atoms with Crippen LogP contribution in [0.4, 0.5) is 11.6 Å². The summed E-state index contributed by atoms with van der Waals surface area (Å²) in [5.41, 5.74) is 0.805. The van der Waals surface area contributed by atoms with Gasteiger partial charge in [-0.05, 0) is 21.5 Å². The third kappa shape index (κ3) is 3.58. The molecule has 1 fully saturated rings. The second-order valence-corrected chi connectivity index (χ2v) is 6.30. The van der Waals surface area contributed by atoms with Gasteiger partial charge in [0.05, 0.1) is 6.42 Å². The number of hydrogen-bond acceptors (Lipinski definition) is 5. The van der Waals surface area contributed by atoms with Crippen molar-refractivity contribution in [1.29, 1.82) is 0 Å². The minimum atomic E-state index is -0.482. The van der Waals surface area contributed by atoms with Crippen LogP contribution in [0.2, 0.25) is 5.02 Å². The number of nitro groups is 1. The molecule has 2 aromatic rings. The predicted molar refractivity (Wildman–Crippen MR) is 93.8 cm³/mol. The van der Waals surface area contributed by atoms with Crippen LogP contribution in [0.3, 0.4) is 0 Å². The van der Waals surface area contributed by atoms with E-state index in [0.29, 0.717) is 37.0 Å². The maximum atomic E-state index is 12.5. The molecule has 0 saturated carbocycles. The number of imidazole rings is 1. The van der Waals surface area contributed by atoms with Crippen LogP contribution in [0.1, 0.15) is 5.56 Å². The number of anilines is 1. The highest BCUT2D eigenvalue weighted by atomic mass is 35.5. The van der Waals surface area contributed by atoms with Crippen molar-refractivity contribution in [2.24, 2.45) is 7.05 Å². The Kier molecular flexibility index (Phi) is 4.89. The minimum absolute atomic E-state index is 0.00672.